The Morgan fingerprint density at radius 3 is 2.42 bits per heavy atom. The molecule has 0 bridgehead atoms. The highest BCUT2D eigenvalue weighted by Gasteiger charge is 2.84. The maximum Gasteiger partial charge on any atom is 0.303 e. The van der Waals surface area contributed by atoms with E-state index in [0.29, 0.717) is 38.0 Å². The average Bonchev–Trinajstić information content (AvgIpc) is 3.61. The summed E-state index contributed by atoms with van der Waals surface area (Å²) < 4.78 is 25.3. The summed E-state index contributed by atoms with van der Waals surface area (Å²) in [6.07, 6.45) is 6.00. The minimum atomic E-state index is -1.27. The first-order chi connectivity index (χ1) is 22.3. The van der Waals surface area contributed by atoms with Gasteiger partial charge in [-0.25, -0.2) is 0 Å². The molecule has 7 aliphatic rings. The topological polar surface area (TPSA) is 141 Å². The largest absolute Gasteiger partial charge is 0.457 e. The third-order valence-electron chi connectivity index (χ3n) is 15.9. The standard InChI is InChI=1S/C38H62N2O8/c1-21-17-23(32(34(5,6)44)46-22(2)41)47-30-29(21)35(7)13-14-38-20-37(38)12-11-26(48-28-19-40(15-16-45-28)18-27(39)42)33(3,4)24(37)9-10-25(38)36(35,8)31(30)43/h21,23-26,28-32,43-44H,9-20H2,1-8H3,(H2,39,42)/t21?,23-,24+,25+,26+,28?,29?,30?,31+,32+,35-,36-,37-,38+/m1/s1. The van der Waals surface area contributed by atoms with Crippen molar-refractivity contribution in [3.05, 3.63) is 0 Å². The van der Waals surface area contributed by atoms with Crippen LogP contribution in [-0.2, 0) is 28.5 Å². The number of rotatable bonds is 7. The van der Waals surface area contributed by atoms with Crippen molar-refractivity contribution in [3.8, 4) is 0 Å². The molecule has 2 saturated heterocycles. The molecule has 0 radical (unpaired) electrons. The number of aliphatic hydroxyl groups is 2. The molecule has 4 N–H and O–H groups in total. The van der Waals surface area contributed by atoms with Gasteiger partial charge in [-0.05, 0) is 111 Å². The van der Waals surface area contributed by atoms with Gasteiger partial charge >= 0.3 is 5.97 Å². The summed E-state index contributed by atoms with van der Waals surface area (Å²) in [5, 5.41) is 23.6. The van der Waals surface area contributed by atoms with Crippen LogP contribution in [0.5, 0.6) is 0 Å². The van der Waals surface area contributed by atoms with E-state index < -0.39 is 29.9 Å². The molecule has 0 aromatic heterocycles. The molecule has 2 spiro atoms. The van der Waals surface area contributed by atoms with Crippen LogP contribution in [-0.4, -0.2) is 95.6 Å². The first-order valence-electron chi connectivity index (χ1n) is 18.8. The van der Waals surface area contributed by atoms with Crippen molar-refractivity contribution in [3.63, 3.8) is 0 Å². The van der Waals surface area contributed by atoms with Crippen LogP contribution in [0.4, 0.5) is 0 Å². The van der Waals surface area contributed by atoms with Crippen molar-refractivity contribution >= 4 is 11.9 Å². The average molecular weight is 675 g/mol. The molecule has 5 aliphatic carbocycles. The maximum atomic E-state index is 12.6. The van der Waals surface area contributed by atoms with Crippen LogP contribution < -0.4 is 5.73 Å². The van der Waals surface area contributed by atoms with E-state index in [1.807, 2.05) is 4.90 Å². The summed E-state index contributed by atoms with van der Waals surface area (Å²) in [6, 6.07) is 0. The molecule has 2 aliphatic heterocycles. The first-order valence-corrected chi connectivity index (χ1v) is 18.8. The monoisotopic (exact) mass is 674 g/mol. The molecule has 48 heavy (non-hydrogen) atoms. The molecule has 14 atom stereocenters. The van der Waals surface area contributed by atoms with Gasteiger partial charge in [0.2, 0.25) is 5.91 Å². The number of primary amides is 1. The van der Waals surface area contributed by atoms with E-state index in [-0.39, 0.29) is 69.9 Å². The highest BCUT2D eigenvalue weighted by Crippen LogP contribution is 2.89. The Kier molecular flexibility index (Phi) is 8.30. The second kappa shape index (κ2) is 11.3. The molecule has 0 aromatic carbocycles. The third kappa shape index (κ3) is 4.85. The van der Waals surface area contributed by atoms with Crippen LogP contribution in [0.1, 0.15) is 107 Å². The summed E-state index contributed by atoms with van der Waals surface area (Å²) in [7, 11) is 0. The highest BCUT2D eigenvalue weighted by molar-refractivity contribution is 5.75. The van der Waals surface area contributed by atoms with Crippen molar-refractivity contribution in [1.82, 2.24) is 4.90 Å². The SMILES string of the molecule is CC(=O)O[C@@H]([C@H]1CC(C)C2C(O1)[C@H](O)[C@@]1(C)[C@@H]3CC[C@H]4C(C)(C)[C@@H](OC5CN(CC(N)=O)CCO5)CC[C@@]45C[C@@]35CC[C@]21C)C(C)(C)O. The molecule has 5 saturated carbocycles. The smallest absolute Gasteiger partial charge is 0.303 e. The third-order valence-corrected chi connectivity index (χ3v) is 15.9. The lowest BCUT2D eigenvalue weighted by Gasteiger charge is -2.64. The van der Waals surface area contributed by atoms with E-state index in [9.17, 15) is 19.8 Å². The molecule has 7 rings (SSSR count). The number of ether oxygens (including phenoxy) is 4. The highest BCUT2D eigenvalue weighted by atomic mass is 16.7. The summed E-state index contributed by atoms with van der Waals surface area (Å²) in [5.41, 5.74) is 4.28. The lowest BCUT2D eigenvalue weighted by Crippen LogP contribution is -2.60. The first kappa shape index (κ1) is 35.1. The van der Waals surface area contributed by atoms with Crippen LogP contribution in [0.15, 0.2) is 0 Å². The Hall–Kier alpha value is -1.30. The number of hydrogen-bond donors (Lipinski definition) is 3. The van der Waals surface area contributed by atoms with Gasteiger partial charge < -0.3 is 34.9 Å². The molecule has 7 fully saturated rings. The quantitative estimate of drug-likeness (QED) is 0.342. The number of morpholine rings is 1. The molecular formula is C38H62N2O8. The van der Waals surface area contributed by atoms with Crippen LogP contribution in [0.3, 0.4) is 0 Å². The van der Waals surface area contributed by atoms with E-state index in [0.717, 1.165) is 32.1 Å². The Morgan fingerprint density at radius 1 is 1.06 bits per heavy atom. The second-order valence-corrected chi connectivity index (χ2v) is 18.9. The molecule has 10 heteroatoms. The molecule has 272 valence electrons. The number of nitrogens with two attached hydrogens (primary N) is 1. The van der Waals surface area contributed by atoms with Crippen LogP contribution in [0, 0.1) is 50.7 Å². The second-order valence-electron chi connectivity index (χ2n) is 18.9. The summed E-state index contributed by atoms with van der Waals surface area (Å²) in [6.45, 7) is 18.7. The predicted octanol–water partition coefficient (Wildman–Crippen LogP) is 4.03. The molecule has 0 aromatic rings. The lowest BCUT2D eigenvalue weighted by atomic mass is 9.41. The van der Waals surface area contributed by atoms with Gasteiger partial charge in [0.05, 0.1) is 49.7 Å². The van der Waals surface area contributed by atoms with Gasteiger partial charge in [0.1, 0.15) is 0 Å². The Balaban J connectivity index is 1.12. The zero-order valence-corrected chi connectivity index (χ0v) is 30.6. The van der Waals surface area contributed by atoms with Crippen molar-refractivity contribution < 1.29 is 38.7 Å². The van der Waals surface area contributed by atoms with Crippen molar-refractivity contribution in [2.24, 2.45) is 56.5 Å². The molecule has 2 heterocycles. The summed E-state index contributed by atoms with van der Waals surface area (Å²) in [5.74, 6) is 0.638. The van der Waals surface area contributed by atoms with Crippen molar-refractivity contribution in [1.29, 1.82) is 0 Å². The van der Waals surface area contributed by atoms with Gasteiger partial charge in [0, 0.05) is 18.9 Å². The van der Waals surface area contributed by atoms with Gasteiger partial charge in [-0.3, -0.25) is 14.5 Å². The number of nitrogens with zero attached hydrogens (tertiary/aromatic N) is 1. The van der Waals surface area contributed by atoms with Gasteiger partial charge in [-0.1, -0.05) is 34.6 Å². The van der Waals surface area contributed by atoms with Crippen LogP contribution in [0.2, 0.25) is 0 Å². The zero-order valence-electron chi connectivity index (χ0n) is 30.6. The van der Waals surface area contributed by atoms with E-state index >= 15 is 0 Å². The summed E-state index contributed by atoms with van der Waals surface area (Å²) >= 11 is 0. The van der Waals surface area contributed by atoms with Gasteiger partial charge in [-0.2, -0.15) is 0 Å². The minimum absolute atomic E-state index is 0.0281. The van der Waals surface area contributed by atoms with E-state index in [1.54, 1.807) is 13.8 Å². The fourth-order valence-corrected chi connectivity index (χ4v) is 13.9. The number of hydrogen-bond acceptors (Lipinski definition) is 9. The van der Waals surface area contributed by atoms with Crippen LogP contribution in [0.25, 0.3) is 0 Å². The molecule has 4 unspecified atom stereocenters. The number of amides is 1. The fraction of sp³-hybridized carbons (Fsp3) is 0.947. The predicted molar refractivity (Wildman–Crippen MR) is 178 cm³/mol. The number of carbonyl (C=O) groups is 2. The number of esters is 1. The number of carbonyl (C=O) groups excluding carboxylic acids is 2. The molecule has 10 nitrogen and oxygen atoms in total. The Bertz CT molecular complexity index is 1300. The Labute approximate surface area is 287 Å². The minimum Gasteiger partial charge on any atom is -0.457 e. The Morgan fingerprint density at radius 2 is 1.75 bits per heavy atom. The normalized spacial score (nSPS) is 50.2. The summed E-state index contributed by atoms with van der Waals surface area (Å²) in [4.78, 5) is 25.7. The zero-order chi connectivity index (χ0) is 34.8. The lowest BCUT2D eigenvalue weighted by molar-refractivity contribution is -0.248. The van der Waals surface area contributed by atoms with Crippen LogP contribution >= 0.6 is 0 Å². The molecular weight excluding hydrogens is 612 g/mol. The van der Waals surface area contributed by atoms with E-state index in [4.69, 9.17) is 24.7 Å². The number of fused-ring (bicyclic) bond motifs is 4. The van der Waals surface area contributed by atoms with Gasteiger partial charge in [0.25, 0.3) is 0 Å². The van der Waals surface area contributed by atoms with E-state index in [1.165, 1.54) is 19.8 Å². The van der Waals surface area contributed by atoms with Gasteiger partial charge in [-0.15, -0.1) is 0 Å². The fourth-order valence-electron chi connectivity index (χ4n) is 13.9. The van der Waals surface area contributed by atoms with Crippen molar-refractivity contribution in [2.75, 3.05) is 26.2 Å². The number of aliphatic hydroxyl groups excluding tert-OH is 1. The van der Waals surface area contributed by atoms with Gasteiger partial charge in [0.15, 0.2) is 12.4 Å². The maximum absolute atomic E-state index is 12.6. The van der Waals surface area contributed by atoms with E-state index in [2.05, 4.69) is 34.6 Å². The van der Waals surface area contributed by atoms with Crippen molar-refractivity contribution in [2.45, 2.75) is 149 Å². The molecule has 1 amide bonds.